The molecule has 0 saturated heterocycles. The number of nitrogens with two attached hydrogens (primary N) is 1. The van der Waals surface area contributed by atoms with E-state index in [1.54, 1.807) is 0 Å². The minimum Gasteiger partial charge on any atom is -0.336 e. The number of nitrogens with zero attached hydrogens (tertiary/aromatic N) is 3. The number of hydrogen-bond donors (Lipinski definition) is 2. The number of carbonyl (C=O) groups excluding carboxylic acids is 1. The molecule has 29 heavy (non-hydrogen) atoms. The quantitative estimate of drug-likeness (QED) is 0.378. The molecule has 1 aromatic heterocycles. The maximum Gasteiger partial charge on any atom is 0.234 e. The summed E-state index contributed by atoms with van der Waals surface area (Å²) in [5, 5.41) is 14.1. The van der Waals surface area contributed by atoms with E-state index in [0.29, 0.717) is 17.4 Å². The van der Waals surface area contributed by atoms with Gasteiger partial charge >= 0.3 is 0 Å². The van der Waals surface area contributed by atoms with E-state index in [4.69, 9.17) is 5.84 Å². The van der Waals surface area contributed by atoms with Gasteiger partial charge < -0.3 is 11.2 Å². The second-order valence-electron chi connectivity index (χ2n) is 6.79. The van der Waals surface area contributed by atoms with E-state index in [-0.39, 0.29) is 11.7 Å². The highest BCUT2D eigenvalue weighted by atomic mass is 32.2. The molecule has 0 saturated carbocycles. The summed E-state index contributed by atoms with van der Waals surface area (Å²) < 4.78 is 1.46. The minimum atomic E-state index is -0.112. The first kappa shape index (κ1) is 19.0. The summed E-state index contributed by atoms with van der Waals surface area (Å²) in [6, 6.07) is 22.1. The van der Waals surface area contributed by atoms with Crippen LogP contribution in [0.4, 0.5) is 5.69 Å². The molecule has 6 nitrogen and oxygen atoms in total. The molecule has 0 bridgehead atoms. The van der Waals surface area contributed by atoms with Gasteiger partial charge in [0.15, 0.2) is 5.82 Å². The maximum absolute atomic E-state index is 12.2. The number of thioether (sulfide) groups is 1. The normalized spacial score (nSPS) is 10.9. The van der Waals surface area contributed by atoms with Crippen molar-refractivity contribution < 1.29 is 4.79 Å². The number of anilines is 1. The first-order valence-electron chi connectivity index (χ1n) is 9.25. The van der Waals surface area contributed by atoms with E-state index in [9.17, 15) is 4.79 Å². The highest BCUT2D eigenvalue weighted by Gasteiger charge is 2.14. The van der Waals surface area contributed by atoms with Crippen molar-refractivity contribution in [3.8, 4) is 0 Å². The van der Waals surface area contributed by atoms with Crippen LogP contribution in [0.5, 0.6) is 0 Å². The van der Waals surface area contributed by atoms with E-state index in [2.05, 4.69) is 39.8 Å². The van der Waals surface area contributed by atoms with Crippen LogP contribution in [0.2, 0.25) is 0 Å². The third-order valence-corrected chi connectivity index (χ3v) is 5.54. The largest absolute Gasteiger partial charge is 0.336 e. The van der Waals surface area contributed by atoms with Crippen LogP contribution in [0.1, 0.15) is 17.0 Å². The van der Waals surface area contributed by atoms with Crippen molar-refractivity contribution in [1.82, 2.24) is 14.9 Å². The molecule has 0 aliphatic heterocycles. The molecule has 4 aromatic rings. The lowest BCUT2D eigenvalue weighted by atomic mass is 10.0. The third-order valence-electron chi connectivity index (χ3n) is 4.60. The van der Waals surface area contributed by atoms with Gasteiger partial charge in [-0.25, -0.2) is 4.68 Å². The number of amides is 1. The molecule has 7 heteroatoms. The first-order chi connectivity index (χ1) is 14.1. The van der Waals surface area contributed by atoms with Crippen molar-refractivity contribution >= 4 is 34.1 Å². The summed E-state index contributed by atoms with van der Waals surface area (Å²) in [6.07, 6.45) is 0.570. The van der Waals surface area contributed by atoms with Crippen molar-refractivity contribution in [3.05, 3.63) is 83.7 Å². The summed E-state index contributed by atoms with van der Waals surface area (Å²) in [4.78, 5) is 12.2. The van der Waals surface area contributed by atoms with Gasteiger partial charge in [0.2, 0.25) is 11.1 Å². The van der Waals surface area contributed by atoms with Crippen molar-refractivity contribution in [3.63, 3.8) is 0 Å². The molecule has 0 fully saturated rings. The lowest BCUT2D eigenvalue weighted by Crippen LogP contribution is -2.17. The number of nitrogen functional groups attached to an aromatic ring is 1. The first-order valence-corrected chi connectivity index (χ1v) is 10.2. The van der Waals surface area contributed by atoms with Crippen LogP contribution in [-0.4, -0.2) is 26.5 Å². The summed E-state index contributed by atoms with van der Waals surface area (Å²) in [5.74, 6) is 6.94. The molecule has 0 aliphatic carbocycles. The maximum atomic E-state index is 12.2. The zero-order valence-electron chi connectivity index (χ0n) is 16.0. The molecule has 0 radical (unpaired) electrons. The Kier molecular flexibility index (Phi) is 5.48. The fourth-order valence-electron chi connectivity index (χ4n) is 3.19. The number of benzene rings is 3. The van der Waals surface area contributed by atoms with Gasteiger partial charge in [0, 0.05) is 12.1 Å². The molecular weight excluding hydrogens is 382 g/mol. The predicted molar refractivity (Wildman–Crippen MR) is 117 cm³/mol. The fraction of sp³-hybridized carbons (Fsp3) is 0.136. The monoisotopic (exact) mass is 403 g/mol. The fourth-order valence-corrected chi connectivity index (χ4v) is 3.87. The van der Waals surface area contributed by atoms with Gasteiger partial charge in [-0.05, 0) is 41.0 Å². The van der Waals surface area contributed by atoms with Gasteiger partial charge in [0.1, 0.15) is 0 Å². The summed E-state index contributed by atoms with van der Waals surface area (Å²) >= 11 is 1.27. The molecule has 0 aliphatic rings. The smallest absolute Gasteiger partial charge is 0.234 e. The van der Waals surface area contributed by atoms with Crippen LogP contribution < -0.4 is 11.2 Å². The zero-order chi connectivity index (χ0) is 20.2. The van der Waals surface area contributed by atoms with Gasteiger partial charge in [-0.15, -0.1) is 10.2 Å². The highest BCUT2D eigenvalue weighted by molar-refractivity contribution is 7.99. The molecule has 146 valence electrons. The van der Waals surface area contributed by atoms with Crippen LogP contribution >= 0.6 is 11.8 Å². The molecule has 0 atom stereocenters. The van der Waals surface area contributed by atoms with Gasteiger partial charge in [-0.1, -0.05) is 66.4 Å². The summed E-state index contributed by atoms with van der Waals surface area (Å²) in [7, 11) is 0. The molecule has 4 rings (SSSR count). The standard InChI is InChI=1S/C22H21N5OS/c1-15-6-4-10-18(12-15)24-21(28)14-29-22-26-25-20(27(22)23)13-17-9-5-8-16-7-2-3-11-19(16)17/h2-12H,13-14,23H2,1H3,(H,24,28). The molecular formula is C22H21N5OS. The average molecular weight is 404 g/mol. The average Bonchev–Trinajstić information content (AvgIpc) is 3.06. The van der Waals surface area contributed by atoms with E-state index in [0.717, 1.165) is 16.8 Å². The van der Waals surface area contributed by atoms with E-state index in [1.807, 2.05) is 49.4 Å². The Morgan fingerprint density at radius 3 is 2.72 bits per heavy atom. The predicted octanol–water partition coefficient (Wildman–Crippen LogP) is 3.78. The second-order valence-corrected chi connectivity index (χ2v) is 7.73. The van der Waals surface area contributed by atoms with E-state index in [1.165, 1.54) is 27.2 Å². The van der Waals surface area contributed by atoms with Gasteiger partial charge in [-0.3, -0.25) is 4.79 Å². The van der Waals surface area contributed by atoms with Crippen molar-refractivity contribution in [2.75, 3.05) is 16.9 Å². The van der Waals surface area contributed by atoms with E-state index >= 15 is 0 Å². The molecule has 0 spiro atoms. The number of aromatic nitrogens is 3. The minimum absolute atomic E-state index is 0.112. The Labute approximate surface area is 173 Å². The lowest BCUT2D eigenvalue weighted by molar-refractivity contribution is -0.113. The number of rotatable bonds is 6. The Bertz CT molecular complexity index is 1170. The molecule has 1 amide bonds. The van der Waals surface area contributed by atoms with Gasteiger partial charge in [-0.2, -0.15) is 0 Å². The lowest BCUT2D eigenvalue weighted by Gasteiger charge is -2.07. The molecule has 1 heterocycles. The molecule has 3 aromatic carbocycles. The Morgan fingerprint density at radius 1 is 1.07 bits per heavy atom. The third kappa shape index (κ3) is 4.41. The number of fused-ring (bicyclic) bond motifs is 1. The Morgan fingerprint density at radius 2 is 1.86 bits per heavy atom. The van der Waals surface area contributed by atoms with Gasteiger partial charge in [0.05, 0.1) is 5.75 Å². The van der Waals surface area contributed by atoms with Crippen molar-refractivity contribution in [1.29, 1.82) is 0 Å². The Hall–Kier alpha value is -3.32. The second kappa shape index (κ2) is 8.36. The highest BCUT2D eigenvalue weighted by Crippen LogP contribution is 2.22. The SMILES string of the molecule is Cc1cccc(NC(=O)CSc2nnc(Cc3cccc4ccccc34)n2N)c1. The molecule has 3 N–H and O–H groups in total. The van der Waals surface area contributed by atoms with Crippen molar-refractivity contribution in [2.45, 2.75) is 18.5 Å². The van der Waals surface area contributed by atoms with Crippen LogP contribution in [0.3, 0.4) is 0 Å². The van der Waals surface area contributed by atoms with Crippen LogP contribution in [0.25, 0.3) is 10.8 Å². The zero-order valence-corrected chi connectivity index (χ0v) is 16.8. The topological polar surface area (TPSA) is 85.8 Å². The summed E-state index contributed by atoms with van der Waals surface area (Å²) in [6.45, 7) is 1.98. The van der Waals surface area contributed by atoms with E-state index < -0.39 is 0 Å². The molecule has 0 unspecified atom stereocenters. The Balaban J connectivity index is 1.42. The number of nitrogens with one attached hydrogen (secondary N) is 1. The number of aryl methyl sites for hydroxylation is 1. The van der Waals surface area contributed by atoms with Crippen LogP contribution in [-0.2, 0) is 11.2 Å². The van der Waals surface area contributed by atoms with Crippen molar-refractivity contribution in [2.24, 2.45) is 0 Å². The summed E-state index contributed by atoms with van der Waals surface area (Å²) in [5.41, 5.74) is 3.01. The van der Waals surface area contributed by atoms with Crippen LogP contribution in [0, 0.1) is 6.92 Å². The van der Waals surface area contributed by atoms with Crippen LogP contribution in [0.15, 0.2) is 71.9 Å². The number of hydrogen-bond acceptors (Lipinski definition) is 5. The van der Waals surface area contributed by atoms with Gasteiger partial charge in [0.25, 0.3) is 0 Å². The number of carbonyl (C=O) groups is 1.